The zero-order valence-electron chi connectivity index (χ0n) is 17.5. The Morgan fingerprint density at radius 1 is 0.893 bits per heavy atom. The molecule has 0 aliphatic rings. The van der Waals surface area contributed by atoms with Crippen LogP contribution in [0.4, 0.5) is 0 Å². The predicted molar refractivity (Wildman–Crippen MR) is 116 cm³/mol. The molecular weight excluding hydrogens is 348 g/mol. The normalized spacial score (nSPS) is 12.4. The van der Waals surface area contributed by atoms with E-state index in [9.17, 15) is 0 Å². The lowest BCUT2D eigenvalue weighted by Gasteiger charge is -2.05. The Hall–Kier alpha value is -1.72. The molecule has 4 N–H and O–H groups in total. The molecule has 0 radical (unpaired) electrons. The van der Waals surface area contributed by atoms with Crippen LogP contribution >= 0.6 is 0 Å². The summed E-state index contributed by atoms with van der Waals surface area (Å²) < 4.78 is 5.35. The number of aryl methyl sites for hydroxylation is 1. The second-order valence-electron chi connectivity index (χ2n) is 7.77. The largest absolute Gasteiger partial charge is 0.337 e. The van der Waals surface area contributed by atoms with Crippen LogP contribution in [-0.2, 0) is 6.42 Å². The van der Waals surface area contributed by atoms with Gasteiger partial charge < -0.3 is 16.0 Å². The fourth-order valence-electron chi connectivity index (χ4n) is 3.42. The summed E-state index contributed by atoms with van der Waals surface area (Å²) in [6, 6.07) is 8.29. The van der Waals surface area contributed by atoms with E-state index in [2.05, 4.69) is 41.3 Å². The zero-order valence-corrected chi connectivity index (χ0v) is 17.5. The molecule has 28 heavy (non-hydrogen) atoms. The summed E-state index contributed by atoms with van der Waals surface area (Å²) in [7, 11) is 0. The minimum absolute atomic E-state index is 0.214. The third kappa shape index (κ3) is 8.11. The lowest BCUT2D eigenvalue weighted by molar-refractivity contribution is 0.346. The Balaban J connectivity index is 1.72. The molecule has 0 aliphatic carbocycles. The molecule has 5 nitrogen and oxygen atoms in total. The first-order chi connectivity index (χ1) is 13.7. The van der Waals surface area contributed by atoms with Gasteiger partial charge in [-0.3, -0.25) is 0 Å². The molecule has 1 atom stereocenters. The second-order valence-corrected chi connectivity index (χ2v) is 7.77. The van der Waals surface area contributed by atoms with Crippen molar-refractivity contribution < 1.29 is 4.52 Å². The highest BCUT2D eigenvalue weighted by atomic mass is 16.5. The van der Waals surface area contributed by atoms with Gasteiger partial charge in [0.15, 0.2) is 0 Å². The van der Waals surface area contributed by atoms with E-state index >= 15 is 0 Å². The standard InChI is InChI=1S/C23H38N4O/c1-2-3-4-5-6-7-8-9-12-19-14-16-20(17-15-19)22-26-23(28-27-22)21(25)13-10-11-18-24/h14-17,21H,2-13,18,24-25H2,1H3/t21-/m1/s1. The van der Waals surface area contributed by atoms with E-state index in [-0.39, 0.29) is 6.04 Å². The smallest absolute Gasteiger partial charge is 0.243 e. The third-order valence-corrected chi connectivity index (χ3v) is 5.26. The van der Waals surface area contributed by atoms with Gasteiger partial charge in [0.2, 0.25) is 11.7 Å². The van der Waals surface area contributed by atoms with Crippen molar-refractivity contribution in [3.05, 3.63) is 35.7 Å². The van der Waals surface area contributed by atoms with Crippen LogP contribution in [0.2, 0.25) is 0 Å². The van der Waals surface area contributed by atoms with Gasteiger partial charge in [-0.2, -0.15) is 4.98 Å². The van der Waals surface area contributed by atoms with Crippen LogP contribution in [0.5, 0.6) is 0 Å². The summed E-state index contributed by atoms with van der Waals surface area (Å²) in [6.45, 7) is 2.95. The van der Waals surface area contributed by atoms with Gasteiger partial charge in [0.25, 0.3) is 0 Å². The summed E-state index contributed by atoms with van der Waals surface area (Å²) in [5.74, 6) is 1.12. The minimum Gasteiger partial charge on any atom is -0.337 e. The molecule has 1 aromatic heterocycles. The number of benzene rings is 1. The lowest BCUT2D eigenvalue weighted by Crippen LogP contribution is -2.11. The predicted octanol–water partition coefficient (Wildman–Crippen LogP) is 5.55. The molecule has 0 amide bonds. The van der Waals surface area contributed by atoms with E-state index in [4.69, 9.17) is 16.0 Å². The Bertz CT molecular complexity index is 638. The molecule has 2 aromatic rings. The lowest BCUT2D eigenvalue weighted by atomic mass is 10.0. The number of hydrogen-bond acceptors (Lipinski definition) is 5. The molecule has 0 aliphatic heterocycles. The van der Waals surface area contributed by atoms with Crippen LogP contribution in [-0.4, -0.2) is 16.7 Å². The fourth-order valence-corrected chi connectivity index (χ4v) is 3.42. The quantitative estimate of drug-likeness (QED) is 0.392. The molecule has 1 aromatic carbocycles. The average Bonchev–Trinajstić information content (AvgIpc) is 3.21. The van der Waals surface area contributed by atoms with Crippen molar-refractivity contribution in [1.82, 2.24) is 10.1 Å². The van der Waals surface area contributed by atoms with Gasteiger partial charge in [-0.1, -0.05) is 87.7 Å². The van der Waals surface area contributed by atoms with Gasteiger partial charge in [0.1, 0.15) is 0 Å². The molecule has 0 spiro atoms. The number of aromatic nitrogens is 2. The van der Waals surface area contributed by atoms with E-state index in [1.54, 1.807) is 0 Å². The Morgan fingerprint density at radius 3 is 2.25 bits per heavy atom. The Kier molecular flexibility index (Phi) is 10.8. The summed E-state index contributed by atoms with van der Waals surface area (Å²) in [5, 5.41) is 4.09. The van der Waals surface area contributed by atoms with Crippen molar-refractivity contribution in [2.75, 3.05) is 6.54 Å². The van der Waals surface area contributed by atoms with Gasteiger partial charge >= 0.3 is 0 Å². The first-order valence-electron chi connectivity index (χ1n) is 11.1. The van der Waals surface area contributed by atoms with Crippen LogP contribution in [0.1, 0.15) is 95.0 Å². The van der Waals surface area contributed by atoms with Crippen molar-refractivity contribution >= 4 is 0 Å². The van der Waals surface area contributed by atoms with Gasteiger partial charge in [0, 0.05) is 5.56 Å². The molecule has 0 fully saturated rings. The maximum absolute atomic E-state index is 6.13. The number of rotatable bonds is 15. The zero-order chi connectivity index (χ0) is 20.0. The third-order valence-electron chi connectivity index (χ3n) is 5.26. The molecular formula is C23H38N4O. The van der Waals surface area contributed by atoms with E-state index in [0.29, 0.717) is 18.3 Å². The van der Waals surface area contributed by atoms with Crippen molar-refractivity contribution in [3.63, 3.8) is 0 Å². The number of hydrogen-bond donors (Lipinski definition) is 2. The first-order valence-corrected chi connectivity index (χ1v) is 11.1. The monoisotopic (exact) mass is 386 g/mol. The number of nitrogens with two attached hydrogens (primary N) is 2. The highest BCUT2D eigenvalue weighted by Crippen LogP contribution is 2.21. The maximum atomic E-state index is 6.13. The molecule has 156 valence electrons. The van der Waals surface area contributed by atoms with Gasteiger partial charge in [-0.05, 0) is 37.8 Å². The molecule has 0 bridgehead atoms. The fraction of sp³-hybridized carbons (Fsp3) is 0.652. The molecule has 0 saturated heterocycles. The van der Waals surface area contributed by atoms with E-state index in [1.165, 1.54) is 56.9 Å². The second kappa shape index (κ2) is 13.5. The van der Waals surface area contributed by atoms with Crippen LogP contribution in [0.3, 0.4) is 0 Å². The molecule has 1 heterocycles. The van der Waals surface area contributed by atoms with Crippen LogP contribution in [0.25, 0.3) is 11.4 Å². The molecule has 2 rings (SSSR count). The van der Waals surface area contributed by atoms with Crippen LogP contribution in [0, 0.1) is 0 Å². The Labute approximate surface area is 170 Å². The first kappa shape index (κ1) is 22.6. The van der Waals surface area contributed by atoms with E-state index in [0.717, 1.165) is 31.2 Å². The summed E-state index contributed by atoms with van der Waals surface area (Å²) in [5.41, 5.74) is 14.0. The van der Waals surface area contributed by atoms with Gasteiger partial charge in [0.05, 0.1) is 6.04 Å². The molecule has 5 heteroatoms. The van der Waals surface area contributed by atoms with Crippen molar-refractivity contribution in [2.45, 2.75) is 90.0 Å². The van der Waals surface area contributed by atoms with Crippen LogP contribution in [0.15, 0.2) is 28.8 Å². The summed E-state index contributed by atoms with van der Waals surface area (Å²) in [4.78, 5) is 4.47. The van der Waals surface area contributed by atoms with Crippen LogP contribution < -0.4 is 11.5 Å². The Morgan fingerprint density at radius 2 is 1.57 bits per heavy atom. The summed E-state index contributed by atoms with van der Waals surface area (Å²) in [6.07, 6.45) is 14.7. The van der Waals surface area contributed by atoms with Gasteiger partial charge in [-0.15, -0.1) is 0 Å². The topological polar surface area (TPSA) is 91.0 Å². The SMILES string of the molecule is CCCCCCCCCCc1ccc(-c2noc([C@H](N)CCCCN)n2)cc1. The minimum atomic E-state index is -0.214. The molecule has 0 unspecified atom stereocenters. The highest BCUT2D eigenvalue weighted by molar-refractivity contribution is 5.54. The van der Waals surface area contributed by atoms with Gasteiger partial charge in [-0.25, -0.2) is 0 Å². The molecule has 0 saturated carbocycles. The average molecular weight is 387 g/mol. The number of nitrogens with zero attached hydrogens (tertiary/aromatic N) is 2. The number of unbranched alkanes of at least 4 members (excludes halogenated alkanes) is 8. The van der Waals surface area contributed by atoms with Crippen molar-refractivity contribution in [3.8, 4) is 11.4 Å². The summed E-state index contributed by atoms with van der Waals surface area (Å²) >= 11 is 0. The van der Waals surface area contributed by atoms with E-state index < -0.39 is 0 Å². The maximum Gasteiger partial charge on any atom is 0.243 e. The van der Waals surface area contributed by atoms with Crippen molar-refractivity contribution in [2.24, 2.45) is 11.5 Å². The highest BCUT2D eigenvalue weighted by Gasteiger charge is 2.15. The van der Waals surface area contributed by atoms with Crippen molar-refractivity contribution in [1.29, 1.82) is 0 Å². The van der Waals surface area contributed by atoms with E-state index in [1.807, 2.05) is 0 Å².